The molecule has 0 saturated heterocycles. The van der Waals surface area contributed by atoms with Gasteiger partial charge in [0.05, 0.1) is 46.7 Å². The second-order valence-corrected chi connectivity index (χ2v) is 26.1. The van der Waals surface area contributed by atoms with E-state index in [-0.39, 0.29) is 33.2 Å². The van der Waals surface area contributed by atoms with Gasteiger partial charge in [-0.2, -0.15) is 0 Å². The summed E-state index contributed by atoms with van der Waals surface area (Å²) in [5, 5.41) is 37.6. The monoisotopic (exact) mass is 1020 g/mol. The number of aromatic hydroxyl groups is 2. The van der Waals surface area contributed by atoms with E-state index in [2.05, 4.69) is 214 Å². The summed E-state index contributed by atoms with van der Waals surface area (Å²) in [5.41, 5.74) is 16.2. The molecule has 4 aromatic heterocycles. The number of fused-ring (bicyclic) bond motifs is 6. The van der Waals surface area contributed by atoms with Gasteiger partial charge in [-0.1, -0.05) is 107 Å². The lowest BCUT2D eigenvalue weighted by molar-refractivity contribution is 0.268. The quantitative estimate of drug-likeness (QED) is 0.127. The van der Waals surface area contributed by atoms with E-state index in [1.165, 1.54) is 43.8 Å². The smallest absolute Gasteiger partial charge is 0.147 e. The molecule has 0 spiro atoms. The van der Waals surface area contributed by atoms with Gasteiger partial charge in [-0.05, 0) is 155 Å². The second-order valence-electron chi connectivity index (χ2n) is 24.7. The van der Waals surface area contributed by atoms with E-state index in [1.807, 2.05) is 10.8 Å². The first kappa shape index (κ1) is 51.0. The Bertz CT molecular complexity index is 3380. The molecule has 0 saturated carbocycles. The Morgan fingerprint density at radius 1 is 0.392 bits per heavy atom. The maximum atomic E-state index is 12.3. The predicted molar refractivity (Wildman–Crippen MR) is 316 cm³/mol. The van der Waals surface area contributed by atoms with Crippen LogP contribution in [0.15, 0.2) is 119 Å². The van der Waals surface area contributed by atoms with Crippen LogP contribution in [0.4, 0.5) is 0 Å². The van der Waals surface area contributed by atoms with Crippen LogP contribution in [0.1, 0.15) is 129 Å². The van der Waals surface area contributed by atoms with Gasteiger partial charge in [0.2, 0.25) is 0 Å². The van der Waals surface area contributed by atoms with E-state index >= 15 is 0 Å². The number of unbranched alkanes of at least 4 members (excludes halogenated alkanes) is 1. The molecule has 0 fully saturated rings. The van der Waals surface area contributed by atoms with Crippen LogP contribution in [0.25, 0.3) is 77.2 Å². The number of benzene rings is 6. The lowest BCUT2D eigenvalue weighted by Gasteiger charge is -2.19. The zero-order chi connectivity index (χ0) is 52.8. The fourth-order valence-corrected chi connectivity index (χ4v) is 12.0. The van der Waals surface area contributed by atoms with Crippen molar-refractivity contribution in [1.82, 2.24) is 9.13 Å². The Kier molecular flexibility index (Phi) is 12.9. The number of phenols is 2. The summed E-state index contributed by atoms with van der Waals surface area (Å²) < 4.78 is 17.5. The Morgan fingerprint density at radius 2 is 0.689 bits per heavy atom. The number of hydrogen-bond acceptors (Lipinski definition) is 6. The summed E-state index contributed by atoms with van der Waals surface area (Å²) in [6.45, 7) is 32.3. The van der Waals surface area contributed by atoms with Crippen LogP contribution in [0.2, 0.25) is 0 Å². The fraction of sp³-hybridized carbons (Fsp3) is 0.333. The molecule has 2 N–H and O–H groups in total. The van der Waals surface area contributed by atoms with E-state index in [9.17, 15) is 10.2 Å². The van der Waals surface area contributed by atoms with Crippen molar-refractivity contribution in [3.8, 4) is 56.6 Å². The highest BCUT2D eigenvalue weighted by Crippen LogP contribution is 2.48. The summed E-state index contributed by atoms with van der Waals surface area (Å²) >= 11 is 3.15. The third kappa shape index (κ3) is 9.38. The van der Waals surface area contributed by atoms with Gasteiger partial charge in [-0.25, -0.2) is 0 Å². The van der Waals surface area contributed by atoms with Gasteiger partial charge >= 0.3 is 0 Å². The molecular weight excluding hydrogens is 949 g/mol. The minimum atomic E-state index is -0.0116. The molecule has 0 unspecified atom stereocenters. The minimum absolute atomic E-state index is 0.0116. The first-order chi connectivity index (χ1) is 34.9. The van der Waals surface area contributed by atoms with Gasteiger partial charge < -0.3 is 28.8 Å². The topological polar surface area (TPSA) is 68.8 Å². The highest BCUT2D eigenvalue weighted by molar-refractivity contribution is 7.09. The van der Waals surface area contributed by atoms with Crippen molar-refractivity contribution in [2.24, 2.45) is 0 Å². The Labute approximate surface area is 445 Å². The number of nitrogens with zero attached hydrogens (tertiary/aromatic N) is 2. The summed E-state index contributed by atoms with van der Waals surface area (Å²) in [7, 11) is 0. The molecule has 0 aliphatic carbocycles. The zero-order valence-corrected chi connectivity index (χ0v) is 47.4. The predicted octanol–water partition coefficient (Wildman–Crippen LogP) is 18.8. The number of aromatic nitrogens is 2. The van der Waals surface area contributed by atoms with Gasteiger partial charge in [0, 0.05) is 65.3 Å². The van der Waals surface area contributed by atoms with E-state index in [0.717, 1.165) is 91.2 Å². The molecule has 4 heterocycles. The van der Waals surface area contributed by atoms with Crippen LogP contribution in [0.5, 0.6) is 23.0 Å². The second kappa shape index (κ2) is 18.7. The zero-order valence-electron chi connectivity index (χ0n) is 45.8. The normalized spacial score (nSPS) is 12.8. The highest BCUT2D eigenvalue weighted by atomic mass is 32.1. The van der Waals surface area contributed by atoms with Gasteiger partial charge in [0.1, 0.15) is 23.0 Å². The van der Waals surface area contributed by atoms with Crippen LogP contribution in [-0.4, -0.2) is 32.6 Å². The van der Waals surface area contributed by atoms with Crippen LogP contribution in [0, 0.1) is 13.8 Å². The van der Waals surface area contributed by atoms with Crippen molar-refractivity contribution in [1.29, 1.82) is 0 Å². The van der Waals surface area contributed by atoms with E-state index in [4.69, 9.17) is 9.47 Å². The molecule has 0 radical (unpaired) electrons. The van der Waals surface area contributed by atoms with E-state index < -0.39 is 0 Å². The molecule has 0 bridgehead atoms. The summed E-state index contributed by atoms with van der Waals surface area (Å²) in [5.74, 6) is 1.97. The van der Waals surface area contributed by atoms with Crippen LogP contribution >= 0.6 is 22.7 Å². The third-order valence-corrected chi connectivity index (χ3v) is 16.3. The molecule has 8 heteroatoms. The maximum Gasteiger partial charge on any atom is 0.147 e. The lowest BCUT2D eigenvalue weighted by atomic mass is 9.85. The van der Waals surface area contributed by atoms with Crippen LogP contribution < -0.4 is 9.47 Å². The standard InChI is InChI=1S/C66H72N2O4S2/c1-39-27-49(61(69)57(29-39)67-53-21-17-41(63(3,4)5)31-45(53)46-32-42(64(6,7)8)18-22-54(46)67)51-35-73-37-59(51)71-25-15-16-26-72-60-38-74-36-52(60)50-28-40(2)30-58(62(50)70)68-55-23-19-43(65(9,10)11)33-47(55)48-34-44(66(12,13)14)20-24-56(48)68/h17-24,27-38,69-70H,15-16,25-26H2,1-14H3. The molecule has 10 rings (SSSR count). The molecule has 74 heavy (non-hydrogen) atoms. The molecule has 0 amide bonds. The summed E-state index contributed by atoms with van der Waals surface area (Å²) in [6.07, 6.45) is 1.55. The first-order valence-electron chi connectivity index (χ1n) is 26.1. The molecule has 0 atom stereocenters. The van der Waals surface area contributed by atoms with Gasteiger partial charge in [0.15, 0.2) is 0 Å². The van der Waals surface area contributed by atoms with Gasteiger partial charge in [0.25, 0.3) is 0 Å². The number of rotatable bonds is 11. The van der Waals surface area contributed by atoms with Crippen LogP contribution in [0.3, 0.4) is 0 Å². The number of aryl methyl sites for hydroxylation is 2. The van der Waals surface area contributed by atoms with Gasteiger partial charge in [-0.15, -0.1) is 22.7 Å². The summed E-state index contributed by atoms with van der Waals surface area (Å²) in [4.78, 5) is 0. The largest absolute Gasteiger partial charge is 0.505 e. The van der Waals surface area contributed by atoms with Crippen molar-refractivity contribution in [2.45, 2.75) is 131 Å². The molecule has 10 aromatic rings. The average Bonchev–Trinajstić information content (AvgIpc) is 4.13. The van der Waals surface area contributed by atoms with E-state index in [0.29, 0.717) is 13.2 Å². The average molecular weight is 1020 g/mol. The Hall–Kier alpha value is -6.48. The molecule has 0 aliphatic heterocycles. The van der Waals surface area contributed by atoms with Crippen molar-refractivity contribution in [2.75, 3.05) is 13.2 Å². The molecule has 0 aliphatic rings. The van der Waals surface area contributed by atoms with Gasteiger partial charge in [-0.3, -0.25) is 0 Å². The lowest BCUT2D eigenvalue weighted by Crippen LogP contribution is -2.10. The Balaban J connectivity index is 0.875. The minimum Gasteiger partial charge on any atom is -0.505 e. The van der Waals surface area contributed by atoms with Crippen molar-refractivity contribution in [3.05, 3.63) is 152 Å². The Morgan fingerprint density at radius 3 is 0.973 bits per heavy atom. The molecule has 6 nitrogen and oxygen atoms in total. The molecular formula is C66H72N2O4S2. The number of ether oxygens (including phenoxy) is 2. The molecule has 6 aromatic carbocycles. The van der Waals surface area contributed by atoms with Crippen molar-refractivity contribution < 1.29 is 19.7 Å². The summed E-state index contributed by atoms with van der Waals surface area (Å²) in [6, 6.07) is 35.5. The van der Waals surface area contributed by atoms with Crippen molar-refractivity contribution in [3.63, 3.8) is 0 Å². The number of thiophene rings is 2. The molecule has 382 valence electrons. The highest BCUT2D eigenvalue weighted by Gasteiger charge is 2.27. The number of phenolic OH excluding ortho intramolecular Hbond substituents is 2. The first-order valence-corrected chi connectivity index (χ1v) is 28.0. The maximum absolute atomic E-state index is 12.3. The number of hydrogen-bond donors (Lipinski definition) is 2. The van der Waals surface area contributed by atoms with Crippen LogP contribution in [-0.2, 0) is 21.7 Å². The SMILES string of the molecule is Cc1cc(-c2cscc2OCCCCOc2cscc2-c2cc(C)cc(-n3c4ccc(C(C)(C)C)cc4c4cc(C(C)(C)C)ccc43)c2O)c(O)c(-n2c3ccc(C(C)(C)C)cc3c3cc(C(C)(C)C)ccc32)c1. The third-order valence-electron chi connectivity index (χ3n) is 14.8. The van der Waals surface area contributed by atoms with Crippen molar-refractivity contribution >= 4 is 66.3 Å². The van der Waals surface area contributed by atoms with E-state index in [1.54, 1.807) is 22.7 Å². The fourth-order valence-electron chi connectivity index (χ4n) is 10.5.